The summed E-state index contributed by atoms with van der Waals surface area (Å²) in [4.78, 5) is 0. The third kappa shape index (κ3) is 2.22. The van der Waals surface area contributed by atoms with Crippen molar-refractivity contribution >= 4 is 34.2 Å². The third-order valence-electron chi connectivity index (χ3n) is 4.36. The average molecular weight is 303 g/mol. The zero-order valence-electron chi connectivity index (χ0n) is 11.7. The van der Waals surface area contributed by atoms with Crippen molar-refractivity contribution in [2.75, 3.05) is 13.1 Å². The fourth-order valence-electron chi connectivity index (χ4n) is 3.44. The van der Waals surface area contributed by atoms with Crippen molar-refractivity contribution in [3.8, 4) is 0 Å². The molecule has 1 aliphatic rings. The Labute approximate surface area is 130 Å². The largest absolute Gasteiger partial charge is 0.390 e. The maximum atomic E-state index is 10.4. The number of β-amino-alcohol motifs (C(OH)–C–C–N with tert-alkyl or cyclic N) is 1. The molecule has 0 bridgehead atoms. The summed E-state index contributed by atoms with van der Waals surface area (Å²) in [6, 6.07) is 17.1. The number of piperidine rings is 1. The minimum atomic E-state index is -0.331. The number of aliphatic hydroxyl groups excluding tert-OH is 1. The molecule has 0 amide bonds. The van der Waals surface area contributed by atoms with E-state index in [4.69, 9.17) is 0 Å². The predicted octanol–water partition coefficient (Wildman–Crippen LogP) is 3.11. The van der Waals surface area contributed by atoms with Crippen LogP contribution in [0.15, 0.2) is 48.5 Å². The summed E-state index contributed by atoms with van der Waals surface area (Å²) >= 11 is 0. The van der Waals surface area contributed by atoms with E-state index in [9.17, 15) is 5.11 Å². The Morgan fingerprint density at radius 3 is 2.10 bits per heavy atom. The van der Waals surface area contributed by atoms with E-state index in [1.165, 1.54) is 21.8 Å². The lowest BCUT2D eigenvalue weighted by Gasteiger charge is -2.31. The number of para-hydroxylation sites is 2. The number of rotatable bonds is 1. The number of benzene rings is 2. The van der Waals surface area contributed by atoms with Crippen LogP contribution in [-0.2, 0) is 0 Å². The van der Waals surface area contributed by atoms with E-state index in [-0.39, 0.29) is 24.6 Å². The van der Waals surface area contributed by atoms with Crippen LogP contribution in [0.4, 0.5) is 0 Å². The van der Waals surface area contributed by atoms with Crippen molar-refractivity contribution in [1.29, 1.82) is 0 Å². The lowest BCUT2D eigenvalue weighted by molar-refractivity contribution is 0.0913. The second-order valence-corrected chi connectivity index (χ2v) is 5.53. The standard InChI is InChI=1S/C17H18N2O.ClH/c20-17-11-18-10-9-16(17)19-14-7-3-1-5-12(14)13-6-2-4-8-15(13)19;/h1-8,16-18,20H,9-11H2;1H. The molecule has 2 aromatic carbocycles. The SMILES string of the molecule is Cl.OC1CNCCC1n1c2ccccc2c2ccccc21. The molecule has 1 aliphatic heterocycles. The van der Waals surface area contributed by atoms with Gasteiger partial charge in [0, 0.05) is 28.4 Å². The highest BCUT2D eigenvalue weighted by Crippen LogP contribution is 2.34. The van der Waals surface area contributed by atoms with Gasteiger partial charge in [-0.3, -0.25) is 0 Å². The van der Waals surface area contributed by atoms with E-state index in [0.29, 0.717) is 6.54 Å². The summed E-state index contributed by atoms with van der Waals surface area (Å²) in [5.41, 5.74) is 2.44. The number of hydrogen-bond donors (Lipinski definition) is 2. The zero-order chi connectivity index (χ0) is 13.5. The monoisotopic (exact) mass is 302 g/mol. The first-order valence-corrected chi connectivity index (χ1v) is 7.23. The van der Waals surface area contributed by atoms with Crippen LogP contribution >= 0.6 is 12.4 Å². The Balaban J connectivity index is 0.00000132. The Morgan fingerprint density at radius 1 is 0.952 bits per heavy atom. The summed E-state index contributed by atoms with van der Waals surface area (Å²) in [5.74, 6) is 0. The highest BCUT2D eigenvalue weighted by atomic mass is 35.5. The summed E-state index contributed by atoms with van der Waals surface area (Å²) in [7, 11) is 0. The molecule has 0 radical (unpaired) electrons. The second kappa shape index (κ2) is 5.68. The van der Waals surface area contributed by atoms with Crippen LogP contribution in [0.3, 0.4) is 0 Å². The van der Waals surface area contributed by atoms with Gasteiger partial charge in [-0.05, 0) is 25.1 Å². The fraction of sp³-hybridized carbons (Fsp3) is 0.294. The van der Waals surface area contributed by atoms with E-state index in [1.54, 1.807) is 0 Å². The van der Waals surface area contributed by atoms with Crippen LogP contribution < -0.4 is 5.32 Å². The summed E-state index contributed by atoms with van der Waals surface area (Å²) in [6.07, 6.45) is 0.632. The van der Waals surface area contributed by atoms with Crippen molar-refractivity contribution in [3.63, 3.8) is 0 Å². The maximum absolute atomic E-state index is 10.4. The Hall–Kier alpha value is -1.55. The smallest absolute Gasteiger partial charge is 0.0872 e. The molecule has 0 aliphatic carbocycles. The van der Waals surface area contributed by atoms with Crippen LogP contribution in [0, 0.1) is 0 Å². The molecule has 3 nitrogen and oxygen atoms in total. The number of nitrogens with one attached hydrogen (secondary N) is 1. The van der Waals surface area contributed by atoms with Gasteiger partial charge in [-0.15, -0.1) is 12.4 Å². The molecule has 4 rings (SSSR count). The molecule has 0 saturated carbocycles. The lowest BCUT2D eigenvalue weighted by atomic mass is 10.0. The van der Waals surface area contributed by atoms with E-state index in [2.05, 4.69) is 58.4 Å². The van der Waals surface area contributed by atoms with Gasteiger partial charge in [0.05, 0.1) is 12.1 Å². The minimum Gasteiger partial charge on any atom is -0.390 e. The van der Waals surface area contributed by atoms with Crippen LogP contribution in [0.1, 0.15) is 12.5 Å². The molecular weight excluding hydrogens is 284 g/mol. The number of halogens is 1. The first kappa shape index (κ1) is 14.4. The summed E-state index contributed by atoms with van der Waals surface area (Å²) in [5, 5.41) is 16.2. The fourth-order valence-corrected chi connectivity index (χ4v) is 3.44. The van der Waals surface area contributed by atoms with Crippen LogP contribution in [0.5, 0.6) is 0 Å². The van der Waals surface area contributed by atoms with Gasteiger partial charge in [0.1, 0.15) is 0 Å². The van der Waals surface area contributed by atoms with Crippen molar-refractivity contribution in [2.45, 2.75) is 18.6 Å². The third-order valence-corrected chi connectivity index (χ3v) is 4.36. The Kier molecular flexibility index (Phi) is 3.89. The predicted molar refractivity (Wildman–Crippen MR) is 89.2 cm³/mol. The molecule has 1 aromatic heterocycles. The maximum Gasteiger partial charge on any atom is 0.0872 e. The quantitative estimate of drug-likeness (QED) is 0.725. The molecule has 4 heteroatoms. The van der Waals surface area contributed by atoms with Crippen LogP contribution in [0.2, 0.25) is 0 Å². The van der Waals surface area contributed by atoms with Gasteiger partial charge in [-0.1, -0.05) is 36.4 Å². The Bertz CT molecular complexity index is 714. The van der Waals surface area contributed by atoms with Crippen molar-refractivity contribution in [2.24, 2.45) is 0 Å². The molecule has 2 heterocycles. The number of aromatic nitrogens is 1. The molecule has 1 fully saturated rings. The molecule has 1 saturated heterocycles. The number of aliphatic hydroxyl groups is 1. The molecule has 2 atom stereocenters. The average Bonchev–Trinajstić information content (AvgIpc) is 2.83. The molecule has 3 aromatic rings. The minimum absolute atomic E-state index is 0. The van der Waals surface area contributed by atoms with E-state index >= 15 is 0 Å². The molecular formula is C17H19ClN2O. The number of hydrogen-bond acceptors (Lipinski definition) is 2. The second-order valence-electron chi connectivity index (χ2n) is 5.53. The van der Waals surface area contributed by atoms with E-state index in [1.807, 2.05) is 0 Å². The van der Waals surface area contributed by atoms with Crippen molar-refractivity contribution in [3.05, 3.63) is 48.5 Å². The van der Waals surface area contributed by atoms with Crippen LogP contribution in [-0.4, -0.2) is 28.9 Å². The molecule has 0 spiro atoms. The summed E-state index contributed by atoms with van der Waals surface area (Å²) < 4.78 is 2.33. The van der Waals surface area contributed by atoms with Crippen LogP contribution in [0.25, 0.3) is 21.8 Å². The first-order chi connectivity index (χ1) is 9.86. The van der Waals surface area contributed by atoms with Crippen molar-refractivity contribution < 1.29 is 5.11 Å². The van der Waals surface area contributed by atoms with Gasteiger partial charge in [-0.2, -0.15) is 0 Å². The zero-order valence-corrected chi connectivity index (χ0v) is 12.5. The summed E-state index contributed by atoms with van der Waals surface area (Å²) in [6.45, 7) is 1.63. The Morgan fingerprint density at radius 2 is 1.52 bits per heavy atom. The van der Waals surface area contributed by atoms with Gasteiger partial charge in [-0.25, -0.2) is 0 Å². The van der Waals surface area contributed by atoms with Gasteiger partial charge < -0.3 is 15.0 Å². The van der Waals surface area contributed by atoms with Crippen molar-refractivity contribution in [1.82, 2.24) is 9.88 Å². The lowest BCUT2D eigenvalue weighted by Crippen LogP contribution is -2.41. The normalized spacial score (nSPS) is 22.3. The highest BCUT2D eigenvalue weighted by molar-refractivity contribution is 6.08. The highest BCUT2D eigenvalue weighted by Gasteiger charge is 2.27. The molecule has 110 valence electrons. The first-order valence-electron chi connectivity index (χ1n) is 7.23. The molecule has 21 heavy (non-hydrogen) atoms. The van der Waals surface area contributed by atoms with Gasteiger partial charge in [0.25, 0.3) is 0 Å². The van der Waals surface area contributed by atoms with Gasteiger partial charge in [0.15, 0.2) is 0 Å². The molecule has 2 unspecified atom stereocenters. The number of nitrogens with zero attached hydrogens (tertiary/aromatic N) is 1. The van der Waals surface area contributed by atoms with E-state index in [0.717, 1.165) is 13.0 Å². The van der Waals surface area contributed by atoms with E-state index < -0.39 is 0 Å². The topological polar surface area (TPSA) is 37.2 Å². The number of fused-ring (bicyclic) bond motifs is 3. The van der Waals surface area contributed by atoms with Gasteiger partial charge >= 0.3 is 0 Å². The molecule has 2 N–H and O–H groups in total. The van der Waals surface area contributed by atoms with Gasteiger partial charge in [0.2, 0.25) is 0 Å².